The number of hydrogen-bond acceptors (Lipinski definition) is 4. The summed E-state index contributed by atoms with van der Waals surface area (Å²) in [5.41, 5.74) is 5.38. The molecule has 1 heterocycles. The van der Waals surface area contributed by atoms with Crippen molar-refractivity contribution < 1.29 is 14.3 Å². The maximum atomic E-state index is 12.6. The minimum atomic E-state index is -0.804. The summed E-state index contributed by atoms with van der Waals surface area (Å²) < 4.78 is 11.5. The summed E-state index contributed by atoms with van der Waals surface area (Å²) in [6, 6.07) is 0. The molecule has 1 amide bonds. The Balaban J connectivity index is 1.48. The molecule has 1 saturated heterocycles. The summed E-state index contributed by atoms with van der Waals surface area (Å²) in [5, 5.41) is 2.97. The number of amides is 1. The first kappa shape index (κ1) is 15.3. The first-order valence-corrected chi connectivity index (χ1v) is 8.28. The second kappa shape index (κ2) is 5.52. The van der Waals surface area contributed by atoms with E-state index in [1.807, 2.05) is 13.8 Å². The van der Waals surface area contributed by atoms with Gasteiger partial charge in [0.1, 0.15) is 5.54 Å². The molecule has 3 N–H and O–H groups in total. The number of carbonyl (C=O) groups is 1. The van der Waals surface area contributed by atoms with Gasteiger partial charge in [0.05, 0.1) is 18.8 Å². The van der Waals surface area contributed by atoms with Gasteiger partial charge in [0, 0.05) is 24.5 Å². The number of carbonyl (C=O) groups excluding carboxylic acids is 1. The van der Waals surface area contributed by atoms with Crippen LogP contribution in [0.5, 0.6) is 0 Å². The van der Waals surface area contributed by atoms with Crippen LogP contribution in [0.4, 0.5) is 0 Å². The molecule has 21 heavy (non-hydrogen) atoms. The highest BCUT2D eigenvalue weighted by molar-refractivity contribution is 5.89. The fraction of sp³-hybridized carbons (Fsp3) is 0.938. The third-order valence-corrected chi connectivity index (χ3v) is 5.87. The molecule has 3 fully saturated rings. The van der Waals surface area contributed by atoms with Gasteiger partial charge in [-0.1, -0.05) is 26.7 Å². The van der Waals surface area contributed by atoms with Gasteiger partial charge >= 0.3 is 0 Å². The van der Waals surface area contributed by atoms with E-state index in [-0.39, 0.29) is 23.3 Å². The van der Waals surface area contributed by atoms with E-state index in [1.165, 1.54) is 12.8 Å². The van der Waals surface area contributed by atoms with E-state index < -0.39 is 5.54 Å². The SMILES string of the molecule is CC1(C)C2OCCC2C1(N)C(=O)NCCOC1CCCC1. The van der Waals surface area contributed by atoms with Crippen LogP contribution in [0.15, 0.2) is 0 Å². The molecule has 3 atom stereocenters. The summed E-state index contributed by atoms with van der Waals surface area (Å²) in [6.45, 7) is 5.91. The largest absolute Gasteiger partial charge is 0.377 e. The van der Waals surface area contributed by atoms with Crippen LogP contribution in [0.1, 0.15) is 46.0 Å². The van der Waals surface area contributed by atoms with Crippen LogP contribution in [-0.4, -0.2) is 43.4 Å². The predicted octanol–water partition coefficient (Wildman–Crippen LogP) is 1.20. The molecule has 3 unspecified atom stereocenters. The van der Waals surface area contributed by atoms with E-state index >= 15 is 0 Å². The van der Waals surface area contributed by atoms with Crippen LogP contribution < -0.4 is 11.1 Å². The average molecular weight is 296 g/mol. The van der Waals surface area contributed by atoms with Crippen molar-refractivity contribution in [3.8, 4) is 0 Å². The lowest BCUT2D eigenvalue weighted by molar-refractivity contribution is -0.175. The van der Waals surface area contributed by atoms with Crippen LogP contribution in [-0.2, 0) is 14.3 Å². The Morgan fingerprint density at radius 2 is 2.05 bits per heavy atom. The summed E-state index contributed by atoms with van der Waals surface area (Å²) in [7, 11) is 0. The van der Waals surface area contributed by atoms with Gasteiger partial charge in [0.15, 0.2) is 0 Å². The van der Waals surface area contributed by atoms with Crippen LogP contribution in [0.25, 0.3) is 0 Å². The topological polar surface area (TPSA) is 73.6 Å². The highest BCUT2D eigenvalue weighted by Gasteiger charge is 2.71. The Kier molecular flexibility index (Phi) is 4.01. The summed E-state index contributed by atoms with van der Waals surface area (Å²) in [4.78, 5) is 12.6. The molecule has 120 valence electrons. The van der Waals surface area contributed by atoms with Crippen molar-refractivity contribution >= 4 is 5.91 Å². The van der Waals surface area contributed by atoms with Crippen LogP contribution in [0.3, 0.4) is 0 Å². The van der Waals surface area contributed by atoms with Crippen molar-refractivity contribution in [1.29, 1.82) is 0 Å². The van der Waals surface area contributed by atoms with Crippen molar-refractivity contribution in [2.24, 2.45) is 17.1 Å². The number of ether oxygens (including phenoxy) is 2. The number of nitrogens with two attached hydrogens (primary N) is 1. The lowest BCUT2D eigenvalue weighted by Crippen LogP contribution is -2.80. The minimum absolute atomic E-state index is 0.0470. The molecule has 1 aliphatic heterocycles. The van der Waals surface area contributed by atoms with Crippen molar-refractivity contribution in [2.45, 2.75) is 63.7 Å². The molecule has 3 aliphatic rings. The zero-order valence-electron chi connectivity index (χ0n) is 13.2. The second-order valence-electron chi connectivity index (χ2n) is 7.31. The molecule has 5 nitrogen and oxygen atoms in total. The summed E-state index contributed by atoms with van der Waals surface area (Å²) in [5.74, 6) is 0.109. The molecule has 0 radical (unpaired) electrons. The second-order valence-corrected chi connectivity index (χ2v) is 7.31. The molecule has 3 rings (SSSR count). The lowest BCUT2D eigenvalue weighted by Gasteiger charge is -2.60. The monoisotopic (exact) mass is 296 g/mol. The van der Waals surface area contributed by atoms with E-state index in [9.17, 15) is 4.79 Å². The summed E-state index contributed by atoms with van der Waals surface area (Å²) in [6.07, 6.45) is 6.24. The molecule has 0 bridgehead atoms. The molecule has 0 aromatic rings. The molecular formula is C16H28N2O3. The number of hydrogen-bond donors (Lipinski definition) is 2. The van der Waals surface area contributed by atoms with Crippen LogP contribution in [0.2, 0.25) is 0 Å². The standard InChI is InChI=1S/C16H28N2O3/c1-15(2)13-12(7-9-21-13)16(15,17)14(19)18-8-10-20-11-5-3-4-6-11/h11-13H,3-10,17H2,1-2H3,(H,18,19). The Morgan fingerprint density at radius 3 is 2.76 bits per heavy atom. The van der Waals surface area contributed by atoms with E-state index in [1.54, 1.807) is 0 Å². The van der Waals surface area contributed by atoms with Crippen molar-refractivity contribution in [2.75, 3.05) is 19.8 Å². The van der Waals surface area contributed by atoms with Gasteiger partial charge in [0.25, 0.3) is 0 Å². The minimum Gasteiger partial charge on any atom is -0.377 e. The van der Waals surface area contributed by atoms with E-state index in [4.69, 9.17) is 15.2 Å². The Morgan fingerprint density at radius 1 is 1.33 bits per heavy atom. The van der Waals surface area contributed by atoms with Crippen molar-refractivity contribution in [1.82, 2.24) is 5.32 Å². The average Bonchev–Trinajstić information content (AvgIpc) is 3.12. The molecule has 0 aromatic carbocycles. The van der Waals surface area contributed by atoms with Gasteiger partial charge in [-0.15, -0.1) is 0 Å². The summed E-state index contributed by atoms with van der Waals surface area (Å²) >= 11 is 0. The Bertz CT molecular complexity index is 406. The molecule has 2 aliphatic carbocycles. The fourth-order valence-corrected chi connectivity index (χ4v) is 4.44. The Labute approximate surface area is 126 Å². The zero-order valence-corrected chi connectivity index (χ0v) is 13.2. The number of nitrogens with one attached hydrogen (secondary N) is 1. The smallest absolute Gasteiger partial charge is 0.241 e. The lowest BCUT2D eigenvalue weighted by atomic mass is 9.48. The van der Waals surface area contributed by atoms with Gasteiger partial charge in [-0.3, -0.25) is 4.79 Å². The van der Waals surface area contributed by atoms with Gasteiger partial charge in [0.2, 0.25) is 5.91 Å². The maximum absolute atomic E-state index is 12.6. The zero-order chi connectivity index (χ0) is 15.1. The normalized spacial score (nSPS) is 38.0. The van der Waals surface area contributed by atoms with Crippen LogP contribution >= 0.6 is 0 Å². The van der Waals surface area contributed by atoms with Gasteiger partial charge in [-0.05, 0) is 19.3 Å². The maximum Gasteiger partial charge on any atom is 0.241 e. The predicted molar refractivity (Wildman–Crippen MR) is 79.8 cm³/mol. The molecule has 2 saturated carbocycles. The number of fused-ring (bicyclic) bond motifs is 1. The van der Waals surface area contributed by atoms with Gasteiger partial charge in [-0.25, -0.2) is 0 Å². The van der Waals surface area contributed by atoms with Gasteiger partial charge in [-0.2, -0.15) is 0 Å². The van der Waals surface area contributed by atoms with Crippen LogP contribution in [0, 0.1) is 11.3 Å². The third kappa shape index (κ3) is 2.30. The van der Waals surface area contributed by atoms with Gasteiger partial charge < -0.3 is 20.5 Å². The van der Waals surface area contributed by atoms with E-state index in [0.29, 0.717) is 19.3 Å². The van der Waals surface area contributed by atoms with Crippen molar-refractivity contribution in [3.63, 3.8) is 0 Å². The Hall–Kier alpha value is -0.650. The van der Waals surface area contributed by atoms with Crippen molar-refractivity contribution in [3.05, 3.63) is 0 Å². The number of rotatable bonds is 5. The first-order chi connectivity index (χ1) is 9.98. The highest BCUT2D eigenvalue weighted by Crippen LogP contribution is 2.58. The first-order valence-electron chi connectivity index (χ1n) is 8.28. The quantitative estimate of drug-likeness (QED) is 0.748. The fourth-order valence-electron chi connectivity index (χ4n) is 4.44. The highest BCUT2D eigenvalue weighted by atomic mass is 16.5. The third-order valence-electron chi connectivity index (χ3n) is 5.87. The van der Waals surface area contributed by atoms with E-state index in [2.05, 4.69) is 5.32 Å². The molecule has 0 spiro atoms. The molecule has 5 heteroatoms. The molecule has 0 aromatic heterocycles. The molecular weight excluding hydrogens is 268 g/mol. The van der Waals surface area contributed by atoms with E-state index in [0.717, 1.165) is 25.9 Å².